The van der Waals surface area contributed by atoms with E-state index in [9.17, 15) is 0 Å². The number of likely N-dealkylation sites (tertiary alicyclic amines) is 1. The van der Waals surface area contributed by atoms with Gasteiger partial charge in [0, 0.05) is 6.04 Å². The van der Waals surface area contributed by atoms with Gasteiger partial charge in [-0.3, -0.25) is 0 Å². The van der Waals surface area contributed by atoms with E-state index in [1.165, 1.54) is 38.8 Å². The van der Waals surface area contributed by atoms with E-state index >= 15 is 0 Å². The summed E-state index contributed by atoms with van der Waals surface area (Å²) in [6.07, 6.45) is 5.40. The highest BCUT2D eigenvalue weighted by Gasteiger charge is 2.46. The molecular weight excluding hydrogens is 176 g/mol. The lowest BCUT2D eigenvalue weighted by molar-refractivity contribution is -0.108. The Balaban J connectivity index is 1.80. The van der Waals surface area contributed by atoms with Gasteiger partial charge in [-0.1, -0.05) is 0 Å². The topological polar surface area (TPSA) is 38.5 Å². The van der Waals surface area contributed by atoms with Crippen molar-refractivity contribution < 1.29 is 4.84 Å². The van der Waals surface area contributed by atoms with E-state index in [1.54, 1.807) is 0 Å². The first-order valence-corrected chi connectivity index (χ1v) is 5.75. The van der Waals surface area contributed by atoms with Gasteiger partial charge >= 0.3 is 0 Å². The molecular formula is C11H22N2O. The van der Waals surface area contributed by atoms with Gasteiger partial charge in [-0.2, -0.15) is 0 Å². The van der Waals surface area contributed by atoms with Gasteiger partial charge in [-0.05, 0) is 58.0 Å². The summed E-state index contributed by atoms with van der Waals surface area (Å²) in [6.45, 7) is 7.08. The van der Waals surface area contributed by atoms with E-state index in [4.69, 9.17) is 10.7 Å². The fourth-order valence-corrected chi connectivity index (χ4v) is 2.93. The van der Waals surface area contributed by atoms with Crippen molar-refractivity contribution in [2.45, 2.75) is 51.7 Å². The lowest BCUT2D eigenvalue weighted by atomic mass is 9.61. The second kappa shape index (κ2) is 3.80. The van der Waals surface area contributed by atoms with Crippen molar-refractivity contribution in [3.8, 4) is 0 Å². The summed E-state index contributed by atoms with van der Waals surface area (Å²) in [4.78, 5) is 7.45. The zero-order valence-electron chi connectivity index (χ0n) is 9.33. The number of rotatable bonds is 2. The zero-order valence-corrected chi connectivity index (χ0v) is 9.33. The summed E-state index contributed by atoms with van der Waals surface area (Å²) in [5, 5.41) is 0. The van der Waals surface area contributed by atoms with Gasteiger partial charge in [-0.25, -0.2) is 5.90 Å². The van der Waals surface area contributed by atoms with E-state index in [1.807, 2.05) is 0 Å². The minimum atomic E-state index is 0.348. The van der Waals surface area contributed by atoms with Crippen LogP contribution in [-0.2, 0) is 4.84 Å². The third kappa shape index (κ3) is 1.81. The molecule has 0 unspecified atom stereocenters. The van der Waals surface area contributed by atoms with Crippen LogP contribution in [0.25, 0.3) is 0 Å². The summed E-state index contributed by atoms with van der Waals surface area (Å²) in [7, 11) is 0. The van der Waals surface area contributed by atoms with Crippen LogP contribution in [0.1, 0.15) is 39.5 Å². The third-order valence-electron chi connectivity index (χ3n) is 4.10. The van der Waals surface area contributed by atoms with Gasteiger partial charge in [0.2, 0.25) is 0 Å². The van der Waals surface area contributed by atoms with Gasteiger partial charge in [0.05, 0.1) is 6.10 Å². The van der Waals surface area contributed by atoms with Gasteiger partial charge in [-0.15, -0.1) is 0 Å². The Labute approximate surface area is 86.5 Å². The van der Waals surface area contributed by atoms with Crippen LogP contribution in [-0.4, -0.2) is 30.1 Å². The molecule has 1 aliphatic carbocycles. The summed E-state index contributed by atoms with van der Waals surface area (Å²) < 4.78 is 0. The summed E-state index contributed by atoms with van der Waals surface area (Å²) in [5.74, 6) is 5.19. The molecule has 0 aromatic carbocycles. The molecule has 1 saturated carbocycles. The summed E-state index contributed by atoms with van der Waals surface area (Å²) >= 11 is 0. The Bertz CT molecular complexity index is 189. The highest BCUT2D eigenvalue weighted by atomic mass is 16.6. The van der Waals surface area contributed by atoms with Gasteiger partial charge in [0.1, 0.15) is 0 Å². The number of hydrogen-bond acceptors (Lipinski definition) is 3. The lowest BCUT2D eigenvalue weighted by Crippen LogP contribution is -2.51. The van der Waals surface area contributed by atoms with Crippen molar-refractivity contribution in [1.29, 1.82) is 0 Å². The molecule has 1 spiro atoms. The molecule has 2 rings (SSSR count). The fourth-order valence-electron chi connectivity index (χ4n) is 2.93. The molecule has 2 fully saturated rings. The van der Waals surface area contributed by atoms with Crippen LogP contribution >= 0.6 is 0 Å². The molecule has 82 valence electrons. The quantitative estimate of drug-likeness (QED) is 0.684. The average Bonchev–Trinajstić information content (AvgIpc) is 2.14. The van der Waals surface area contributed by atoms with E-state index < -0.39 is 0 Å². The molecule has 0 radical (unpaired) electrons. The van der Waals surface area contributed by atoms with E-state index in [2.05, 4.69) is 18.7 Å². The second-order valence-corrected chi connectivity index (χ2v) is 5.30. The Morgan fingerprint density at radius 3 is 2.29 bits per heavy atom. The largest absolute Gasteiger partial charge is 0.301 e. The van der Waals surface area contributed by atoms with E-state index in [0.717, 1.165) is 0 Å². The predicted molar refractivity (Wildman–Crippen MR) is 56.7 cm³/mol. The smallest absolute Gasteiger partial charge is 0.0798 e. The standard InChI is InChI=1S/C11H22N2O/c1-9(2)13-5-3-11(4-6-13)7-10(8-11)14-12/h9-10H,3-8,12H2,1-2H3. The maximum Gasteiger partial charge on any atom is 0.0798 e. The minimum absolute atomic E-state index is 0.348. The average molecular weight is 198 g/mol. The van der Waals surface area contributed by atoms with Crippen molar-refractivity contribution in [2.75, 3.05) is 13.1 Å². The van der Waals surface area contributed by atoms with Crippen LogP contribution in [0, 0.1) is 5.41 Å². The van der Waals surface area contributed by atoms with Crippen LogP contribution in [0.15, 0.2) is 0 Å². The monoisotopic (exact) mass is 198 g/mol. The first kappa shape index (κ1) is 10.4. The zero-order chi connectivity index (χ0) is 10.2. The fraction of sp³-hybridized carbons (Fsp3) is 1.00. The molecule has 0 aromatic heterocycles. The molecule has 14 heavy (non-hydrogen) atoms. The molecule has 0 aromatic rings. The van der Waals surface area contributed by atoms with Crippen molar-refractivity contribution in [3.05, 3.63) is 0 Å². The van der Waals surface area contributed by atoms with Crippen LogP contribution in [0.3, 0.4) is 0 Å². The maximum absolute atomic E-state index is 5.19. The molecule has 0 atom stereocenters. The van der Waals surface area contributed by atoms with Crippen LogP contribution < -0.4 is 5.90 Å². The van der Waals surface area contributed by atoms with Crippen LogP contribution in [0.5, 0.6) is 0 Å². The molecule has 0 bridgehead atoms. The minimum Gasteiger partial charge on any atom is -0.301 e. The SMILES string of the molecule is CC(C)N1CCC2(CC1)CC(ON)C2. The Morgan fingerprint density at radius 1 is 1.29 bits per heavy atom. The first-order valence-electron chi connectivity index (χ1n) is 5.75. The molecule has 2 aliphatic rings. The van der Waals surface area contributed by atoms with E-state index in [-0.39, 0.29) is 0 Å². The Morgan fingerprint density at radius 2 is 1.86 bits per heavy atom. The Hall–Kier alpha value is -0.120. The Kier molecular flexibility index (Phi) is 2.82. The van der Waals surface area contributed by atoms with Gasteiger partial charge < -0.3 is 9.74 Å². The number of hydrogen-bond donors (Lipinski definition) is 1. The van der Waals surface area contributed by atoms with Crippen LogP contribution in [0.2, 0.25) is 0 Å². The van der Waals surface area contributed by atoms with Crippen LogP contribution in [0.4, 0.5) is 0 Å². The van der Waals surface area contributed by atoms with E-state index in [0.29, 0.717) is 17.6 Å². The number of nitrogens with zero attached hydrogens (tertiary/aromatic N) is 1. The molecule has 1 saturated heterocycles. The van der Waals surface area contributed by atoms with Crippen molar-refractivity contribution in [3.63, 3.8) is 0 Å². The highest BCUT2D eigenvalue weighted by Crippen LogP contribution is 2.49. The van der Waals surface area contributed by atoms with Gasteiger partial charge in [0.15, 0.2) is 0 Å². The highest BCUT2D eigenvalue weighted by molar-refractivity contribution is 4.97. The third-order valence-corrected chi connectivity index (χ3v) is 4.10. The molecule has 2 N–H and O–H groups in total. The molecule has 1 aliphatic heterocycles. The second-order valence-electron chi connectivity index (χ2n) is 5.30. The summed E-state index contributed by atoms with van der Waals surface area (Å²) in [5.41, 5.74) is 0.593. The number of nitrogens with two attached hydrogens (primary N) is 1. The normalized spacial score (nSPS) is 28.3. The predicted octanol–water partition coefficient (Wildman–Crippen LogP) is 1.53. The maximum atomic E-state index is 5.19. The molecule has 3 heteroatoms. The molecule has 0 amide bonds. The van der Waals surface area contributed by atoms with Crippen molar-refractivity contribution in [2.24, 2.45) is 11.3 Å². The lowest BCUT2D eigenvalue weighted by Gasteiger charge is -2.51. The van der Waals surface area contributed by atoms with Crippen molar-refractivity contribution in [1.82, 2.24) is 4.90 Å². The molecule has 3 nitrogen and oxygen atoms in total. The van der Waals surface area contributed by atoms with Crippen molar-refractivity contribution >= 4 is 0 Å². The summed E-state index contributed by atoms with van der Waals surface area (Å²) in [6, 6.07) is 0.703. The first-order chi connectivity index (χ1) is 6.65. The van der Waals surface area contributed by atoms with Gasteiger partial charge in [0.25, 0.3) is 0 Å². The number of piperidine rings is 1. The molecule has 1 heterocycles.